The Hall–Kier alpha value is -2.71. The van der Waals surface area contributed by atoms with Crippen molar-refractivity contribution >= 4 is 44.9 Å². The number of fused-ring (bicyclic) bond motifs is 1. The van der Waals surface area contributed by atoms with Gasteiger partial charge in [-0.2, -0.15) is 4.99 Å². The molecule has 1 heterocycles. The molecule has 0 saturated heterocycles. The quantitative estimate of drug-likeness (QED) is 0.269. The molecule has 0 radical (unpaired) electrons. The van der Waals surface area contributed by atoms with Gasteiger partial charge in [-0.15, -0.1) is 18.3 Å². The maximum atomic E-state index is 12.4. The molecule has 2 aromatic carbocycles. The van der Waals surface area contributed by atoms with E-state index in [1.165, 1.54) is 23.5 Å². The van der Waals surface area contributed by atoms with Crippen LogP contribution in [0.4, 0.5) is 5.69 Å². The van der Waals surface area contributed by atoms with Gasteiger partial charge in [0.1, 0.15) is 0 Å². The number of nitro groups is 1. The van der Waals surface area contributed by atoms with Gasteiger partial charge in [0.05, 0.1) is 21.6 Å². The van der Waals surface area contributed by atoms with Crippen molar-refractivity contribution in [3.8, 4) is 0 Å². The van der Waals surface area contributed by atoms with Crippen LogP contribution in [0.2, 0.25) is 0 Å². The highest BCUT2D eigenvalue weighted by atomic mass is 32.2. The fraction of sp³-hybridized carbons (Fsp3) is 0.158. The third-order valence-corrected chi connectivity index (χ3v) is 5.71. The zero-order valence-corrected chi connectivity index (χ0v) is 16.3. The van der Waals surface area contributed by atoms with Gasteiger partial charge in [0.15, 0.2) is 4.80 Å². The summed E-state index contributed by atoms with van der Waals surface area (Å²) >= 11 is 2.90. The fourth-order valence-electron chi connectivity index (χ4n) is 2.63. The highest BCUT2D eigenvalue weighted by molar-refractivity contribution is 7.98. The van der Waals surface area contributed by atoms with E-state index in [1.54, 1.807) is 23.9 Å². The van der Waals surface area contributed by atoms with E-state index < -0.39 is 4.92 Å². The first-order valence-electron chi connectivity index (χ1n) is 8.11. The van der Waals surface area contributed by atoms with Crippen molar-refractivity contribution in [2.75, 3.05) is 6.26 Å². The Morgan fingerprint density at radius 1 is 1.33 bits per heavy atom. The second-order valence-corrected chi connectivity index (χ2v) is 7.61. The summed E-state index contributed by atoms with van der Waals surface area (Å²) in [6, 6.07) is 12.4. The van der Waals surface area contributed by atoms with Gasteiger partial charge in [0.2, 0.25) is 0 Å². The number of amides is 1. The molecular weight excluding hydrogens is 382 g/mol. The van der Waals surface area contributed by atoms with Gasteiger partial charge in [-0.3, -0.25) is 14.9 Å². The van der Waals surface area contributed by atoms with E-state index in [4.69, 9.17) is 0 Å². The van der Waals surface area contributed by atoms with E-state index in [-0.39, 0.29) is 18.0 Å². The van der Waals surface area contributed by atoms with Gasteiger partial charge < -0.3 is 4.57 Å². The molecule has 0 aliphatic carbocycles. The summed E-state index contributed by atoms with van der Waals surface area (Å²) in [6.45, 7) is 4.20. The molecule has 0 unspecified atom stereocenters. The lowest BCUT2D eigenvalue weighted by Gasteiger charge is -2.01. The smallest absolute Gasteiger partial charge is 0.270 e. The summed E-state index contributed by atoms with van der Waals surface area (Å²) < 4.78 is 2.55. The molecule has 6 nitrogen and oxygen atoms in total. The van der Waals surface area contributed by atoms with Crippen molar-refractivity contribution in [3.63, 3.8) is 0 Å². The highest BCUT2D eigenvalue weighted by Crippen LogP contribution is 2.23. The molecule has 8 heteroatoms. The molecule has 0 N–H and O–H groups in total. The molecule has 27 heavy (non-hydrogen) atoms. The maximum Gasteiger partial charge on any atom is 0.270 e. The number of thioether (sulfide) groups is 1. The van der Waals surface area contributed by atoms with Crippen molar-refractivity contribution < 1.29 is 9.72 Å². The number of non-ortho nitro benzene ring substituents is 1. The Morgan fingerprint density at radius 2 is 2.07 bits per heavy atom. The fourth-order valence-corrected chi connectivity index (χ4v) is 4.13. The number of nitro benzene ring substituents is 1. The average molecular weight is 399 g/mol. The maximum absolute atomic E-state index is 12.4. The van der Waals surface area contributed by atoms with Crippen molar-refractivity contribution in [1.29, 1.82) is 0 Å². The normalized spacial score (nSPS) is 11.7. The molecule has 138 valence electrons. The Bertz CT molecular complexity index is 1080. The number of allylic oxidation sites excluding steroid dienone is 1. The largest absolute Gasteiger partial charge is 0.312 e. The summed E-state index contributed by atoms with van der Waals surface area (Å²) in [5.74, 6) is -0.259. The predicted octanol–water partition coefficient (Wildman–Crippen LogP) is 4.19. The molecular formula is C19H17N3O3S2. The van der Waals surface area contributed by atoms with E-state index in [0.29, 0.717) is 16.0 Å². The van der Waals surface area contributed by atoms with Crippen LogP contribution in [0.5, 0.6) is 0 Å². The highest BCUT2D eigenvalue weighted by Gasteiger charge is 2.12. The molecule has 0 atom stereocenters. The Morgan fingerprint density at radius 3 is 2.70 bits per heavy atom. The van der Waals surface area contributed by atoms with Gasteiger partial charge in [-0.25, -0.2) is 0 Å². The van der Waals surface area contributed by atoms with E-state index >= 15 is 0 Å². The average Bonchev–Trinajstić information content (AvgIpc) is 2.99. The standard InChI is InChI=1S/C19H17N3O3S2/c1-3-10-21-16-9-6-14(22(24)25)12-17(16)27-19(21)20-18(23)11-13-4-7-15(26-2)8-5-13/h3-9,12H,1,10-11H2,2H3. The zero-order valence-electron chi connectivity index (χ0n) is 14.6. The number of benzene rings is 2. The molecule has 0 bridgehead atoms. The summed E-state index contributed by atoms with van der Waals surface area (Å²) in [4.78, 5) is 28.9. The molecule has 1 aromatic heterocycles. The lowest BCUT2D eigenvalue weighted by atomic mass is 10.1. The van der Waals surface area contributed by atoms with Crippen LogP contribution in [-0.2, 0) is 17.8 Å². The Labute approximate surface area is 164 Å². The van der Waals surface area contributed by atoms with Crippen LogP contribution in [0.15, 0.2) is 65.0 Å². The monoisotopic (exact) mass is 399 g/mol. The number of aromatic nitrogens is 1. The molecule has 3 rings (SSSR count). The first kappa shape index (κ1) is 19.1. The summed E-state index contributed by atoms with van der Waals surface area (Å²) in [7, 11) is 0. The minimum atomic E-state index is -0.433. The van der Waals surface area contributed by atoms with Crippen molar-refractivity contribution in [1.82, 2.24) is 4.57 Å². The Kier molecular flexibility index (Phi) is 5.88. The number of rotatable bonds is 6. The lowest BCUT2D eigenvalue weighted by Crippen LogP contribution is -2.16. The minimum Gasteiger partial charge on any atom is -0.312 e. The Balaban J connectivity index is 1.97. The van der Waals surface area contributed by atoms with Crippen LogP contribution in [0.3, 0.4) is 0 Å². The van der Waals surface area contributed by atoms with Crippen molar-refractivity contribution in [2.24, 2.45) is 4.99 Å². The van der Waals surface area contributed by atoms with Crippen LogP contribution in [0.25, 0.3) is 10.2 Å². The van der Waals surface area contributed by atoms with Crippen molar-refractivity contribution in [2.45, 2.75) is 17.9 Å². The van der Waals surface area contributed by atoms with Crippen LogP contribution < -0.4 is 4.80 Å². The molecule has 1 amide bonds. The van der Waals surface area contributed by atoms with E-state index in [2.05, 4.69) is 11.6 Å². The number of hydrogen-bond donors (Lipinski definition) is 0. The van der Waals surface area contributed by atoms with Crippen molar-refractivity contribution in [3.05, 3.63) is 75.6 Å². The van der Waals surface area contributed by atoms with Crippen LogP contribution in [-0.4, -0.2) is 21.7 Å². The van der Waals surface area contributed by atoms with E-state index in [0.717, 1.165) is 16.0 Å². The first-order chi connectivity index (χ1) is 13.0. The predicted molar refractivity (Wildman–Crippen MR) is 109 cm³/mol. The van der Waals surface area contributed by atoms with Crippen LogP contribution in [0.1, 0.15) is 5.56 Å². The number of carbonyl (C=O) groups excluding carboxylic acids is 1. The van der Waals surface area contributed by atoms with Gasteiger partial charge in [0.25, 0.3) is 11.6 Å². The summed E-state index contributed by atoms with van der Waals surface area (Å²) in [5, 5.41) is 11.0. The van der Waals surface area contributed by atoms with Gasteiger partial charge in [-0.05, 0) is 30.0 Å². The van der Waals surface area contributed by atoms with Gasteiger partial charge >= 0.3 is 0 Å². The lowest BCUT2D eigenvalue weighted by molar-refractivity contribution is -0.384. The molecule has 3 aromatic rings. The molecule has 0 aliphatic rings. The number of carbonyl (C=O) groups is 1. The summed E-state index contributed by atoms with van der Waals surface area (Å²) in [6.07, 6.45) is 3.91. The third kappa shape index (κ3) is 4.35. The van der Waals surface area contributed by atoms with Gasteiger partial charge in [-0.1, -0.05) is 29.5 Å². The zero-order chi connectivity index (χ0) is 19.4. The summed E-state index contributed by atoms with van der Waals surface area (Å²) in [5.41, 5.74) is 1.70. The van der Waals surface area contributed by atoms with Crippen LogP contribution in [0, 0.1) is 10.1 Å². The first-order valence-corrected chi connectivity index (χ1v) is 10.1. The molecule has 0 aliphatic heterocycles. The van der Waals surface area contributed by atoms with Crippen LogP contribution >= 0.6 is 23.1 Å². The molecule has 0 fully saturated rings. The second kappa shape index (κ2) is 8.32. The molecule has 0 spiro atoms. The molecule has 0 saturated carbocycles. The third-order valence-electron chi connectivity index (χ3n) is 3.92. The number of nitrogens with zero attached hydrogens (tertiary/aromatic N) is 3. The minimum absolute atomic E-state index is 0.0151. The topological polar surface area (TPSA) is 77.5 Å². The van der Waals surface area contributed by atoms with Gasteiger partial charge in [0, 0.05) is 23.6 Å². The number of hydrogen-bond acceptors (Lipinski definition) is 5. The van der Waals surface area contributed by atoms with E-state index in [9.17, 15) is 14.9 Å². The second-order valence-electron chi connectivity index (χ2n) is 5.72. The van der Waals surface area contributed by atoms with E-state index in [1.807, 2.05) is 35.1 Å². The number of thiazole rings is 1. The SMILES string of the molecule is C=CCn1c(=NC(=O)Cc2ccc(SC)cc2)sc2cc([N+](=O)[O-])ccc21.